The molecule has 2 rings (SSSR count). The quantitative estimate of drug-likeness (QED) is 0.869. The van der Waals surface area contributed by atoms with Crippen molar-refractivity contribution in [3.63, 3.8) is 0 Å². The molecule has 3 nitrogen and oxygen atoms in total. The van der Waals surface area contributed by atoms with Gasteiger partial charge in [0.25, 0.3) is 10.0 Å². The highest BCUT2D eigenvalue weighted by Crippen LogP contribution is 2.30. The van der Waals surface area contributed by atoms with Crippen LogP contribution >= 0.6 is 11.3 Å². The van der Waals surface area contributed by atoms with Crippen LogP contribution in [-0.4, -0.2) is 15.5 Å². The van der Waals surface area contributed by atoms with Crippen molar-refractivity contribution < 1.29 is 17.2 Å². The Labute approximate surface area is 120 Å². The van der Waals surface area contributed by atoms with E-state index in [1.165, 1.54) is 24.5 Å². The molecule has 0 bridgehead atoms. The van der Waals surface area contributed by atoms with Crippen LogP contribution in [0.15, 0.2) is 29.2 Å². The maximum atomic E-state index is 13.2. The lowest BCUT2D eigenvalue weighted by Gasteiger charge is -2.19. The topological polar surface area (TPSA) is 37.4 Å². The molecule has 0 amide bonds. The molecule has 0 spiro atoms. The molecule has 0 atom stereocenters. The molecular formula is C13H13F2NO2S2. The van der Waals surface area contributed by atoms with Crippen molar-refractivity contribution in [1.82, 2.24) is 0 Å². The van der Waals surface area contributed by atoms with E-state index in [1.807, 2.05) is 6.92 Å². The second-order valence-electron chi connectivity index (χ2n) is 4.35. The average molecular weight is 317 g/mol. The SMILES string of the molecule is Cc1cc(S(=O)(=O)N(C)c2ccc(F)c(F)c2)c(C)s1. The zero-order chi connectivity index (χ0) is 15.1. The number of nitrogens with zero attached hydrogens (tertiary/aromatic N) is 1. The van der Waals surface area contributed by atoms with E-state index < -0.39 is 21.7 Å². The fourth-order valence-corrected chi connectivity index (χ4v) is 4.54. The lowest BCUT2D eigenvalue weighted by Crippen LogP contribution is -2.26. The Hall–Kier alpha value is -1.47. The fraction of sp³-hybridized carbons (Fsp3) is 0.231. The third kappa shape index (κ3) is 2.55. The van der Waals surface area contributed by atoms with E-state index in [0.717, 1.165) is 21.3 Å². The number of benzene rings is 1. The smallest absolute Gasteiger partial charge is 0.265 e. The van der Waals surface area contributed by atoms with Gasteiger partial charge in [-0.1, -0.05) is 0 Å². The summed E-state index contributed by atoms with van der Waals surface area (Å²) < 4.78 is 52.0. The predicted molar refractivity (Wildman–Crippen MR) is 75.7 cm³/mol. The summed E-state index contributed by atoms with van der Waals surface area (Å²) >= 11 is 1.37. The van der Waals surface area contributed by atoms with Gasteiger partial charge in [0.15, 0.2) is 11.6 Å². The highest BCUT2D eigenvalue weighted by molar-refractivity contribution is 7.93. The van der Waals surface area contributed by atoms with Crippen LogP contribution in [0.1, 0.15) is 9.75 Å². The molecule has 0 unspecified atom stereocenters. The van der Waals surface area contributed by atoms with E-state index in [9.17, 15) is 17.2 Å². The Morgan fingerprint density at radius 3 is 2.25 bits per heavy atom. The van der Waals surface area contributed by atoms with Crippen LogP contribution in [0, 0.1) is 25.5 Å². The van der Waals surface area contributed by atoms with Crippen molar-refractivity contribution in [2.45, 2.75) is 18.7 Å². The summed E-state index contributed by atoms with van der Waals surface area (Å²) in [6.07, 6.45) is 0. The molecule has 0 aliphatic rings. The Morgan fingerprint density at radius 1 is 1.10 bits per heavy atom. The molecule has 1 aromatic heterocycles. The van der Waals surface area contributed by atoms with Gasteiger partial charge in [-0.05, 0) is 32.0 Å². The summed E-state index contributed by atoms with van der Waals surface area (Å²) in [5.41, 5.74) is 0.0761. The molecular weight excluding hydrogens is 304 g/mol. The first-order valence-corrected chi connectivity index (χ1v) is 8.00. The molecule has 0 N–H and O–H groups in total. The Balaban J connectivity index is 2.48. The molecule has 0 aliphatic heterocycles. The van der Waals surface area contributed by atoms with Gasteiger partial charge in [0.05, 0.1) is 5.69 Å². The van der Waals surface area contributed by atoms with Gasteiger partial charge in [0.2, 0.25) is 0 Å². The Morgan fingerprint density at radius 2 is 1.75 bits per heavy atom. The van der Waals surface area contributed by atoms with Crippen molar-refractivity contribution in [3.05, 3.63) is 45.7 Å². The van der Waals surface area contributed by atoms with Crippen molar-refractivity contribution in [1.29, 1.82) is 0 Å². The molecule has 2 aromatic rings. The van der Waals surface area contributed by atoms with E-state index >= 15 is 0 Å². The second kappa shape index (κ2) is 5.14. The summed E-state index contributed by atoms with van der Waals surface area (Å²) in [4.78, 5) is 1.73. The van der Waals surface area contributed by atoms with Crippen LogP contribution in [0.3, 0.4) is 0 Å². The number of hydrogen-bond acceptors (Lipinski definition) is 3. The largest absolute Gasteiger partial charge is 0.269 e. The number of anilines is 1. The van der Waals surface area contributed by atoms with Crippen LogP contribution in [0.5, 0.6) is 0 Å². The lowest BCUT2D eigenvalue weighted by molar-refractivity contribution is 0.509. The van der Waals surface area contributed by atoms with Crippen molar-refractivity contribution in [2.24, 2.45) is 0 Å². The highest BCUT2D eigenvalue weighted by Gasteiger charge is 2.25. The summed E-state index contributed by atoms with van der Waals surface area (Å²) in [5.74, 6) is -2.09. The van der Waals surface area contributed by atoms with E-state index in [1.54, 1.807) is 13.0 Å². The van der Waals surface area contributed by atoms with Crippen LogP contribution in [0.2, 0.25) is 0 Å². The number of rotatable bonds is 3. The Kier molecular flexibility index (Phi) is 3.84. The van der Waals surface area contributed by atoms with E-state index in [4.69, 9.17) is 0 Å². The molecule has 0 fully saturated rings. The lowest BCUT2D eigenvalue weighted by atomic mass is 10.3. The molecule has 20 heavy (non-hydrogen) atoms. The standard InChI is InChI=1S/C13H13F2NO2S2/c1-8-6-13(9(2)19-8)20(17,18)16(3)10-4-5-11(14)12(15)7-10/h4-7H,1-3H3. The minimum Gasteiger partial charge on any atom is -0.269 e. The first-order valence-electron chi connectivity index (χ1n) is 5.74. The molecule has 0 saturated heterocycles. The maximum Gasteiger partial charge on any atom is 0.265 e. The number of hydrogen-bond donors (Lipinski definition) is 0. The molecule has 108 valence electrons. The zero-order valence-corrected chi connectivity index (χ0v) is 12.8. The molecule has 0 saturated carbocycles. The van der Waals surface area contributed by atoms with E-state index in [-0.39, 0.29) is 10.6 Å². The fourth-order valence-electron chi connectivity index (χ4n) is 1.83. The molecule has 1 aromatic carbocycles. The zero-order valence-electron chi connectivity index (χ0n) is 11.1. The van der Waals surface area contributed by atoms with Gasteiger partial charge in [-0.3, -0.25) is 4.31 Å². The molecule has 0 radical (unpaired) electrons. The monoisotopic (exact) mass is 317 g/mol. The number of sulfonamides is 1. The van der Waals surface area contributed by atoms with Gasteiger partial charge in [0.1, 0.15) is 4.90 Å². The molecule has 0 aliphatic carbocycles. The van der Waals surface area contributed by atoms with Crippen LogP contribution in [-0.2, 0) is 10.0 Å². The average Bonchev–Trinajstić information content (AvgIpc) is 2.71. The van der Waals surface area contributed by atoms with E-state index in [0.29, 0.717) is 4.88 Å². The van der Waals surface area contributed by atoms with Gasteiger partial charge in [-0.2, -0.15) is 0 Å². The third-order valence-electron chi connectivity index (χ3n) is 2.90. The minimum atomic E-state index is -3.78. The van der Waals surface area contributed by atoms with Crippen LogP contribution < -0.4 is 4.31 Å². The normalized spacial score (nSPS) is 11.7. The summed E-state index contributed by atoms with van der Waals surface area (Å²) in [6.45, 7) is 3.53. The molecule has 1 heterocycles. The van der Waals surface area contributed by atoms with Gasteiger partial charge >= 0.3 is 0 Å². The second-order valence-corrected chi connectivity index (χ2v) is 7.75. The summed E-state index contributed by atoms with van der Waals surface area (Å²) in [5, 5.41) is 0. The number of halogens is 2. The van der Waals surface area contributed by atoms with Crippen molar-refractivity contribution >= 4 is 27.0 Å². The van der Waals surface area contributed by atoms with Gasteiger partial charge in [-0.15, -0.1) is 11.3 Å². The van der Waals surface area contributed by atoms with Gasteiger partial charge in [-0.25, -0.2) is 17.2 Å². The third-order valence-corrected chi connectivity index (χ3v) is 5.91. The van der Waals surface area contributed by atoms with Crippen LogP contribution in [0.25, 0.3) is 0 Å². The van der Waals surface area contributed by atoms with Crippen molar-refractivity contribution in [2.75, 3.05) is 11.4 Å². The van der Waals surface area contributed by atoms with Crippen LogP contribution in [0.4, 0.5) is 14.5 Å². The minimum absolute atomic E-state index is 0.0761. The summed E-state index contributed by atoms with van der Waals surface area (Å²) in [6, 6.07) is 4.57. The first kappa shape index (κ1) is 14.9. The van der Waals surface area contributed by atoms with Gasteiger partial charge < -0.3 is 0 Å². The Bertz CT molecular complexity index is 754. The summed E-state index contributed by atoms with van der Waals surface area (Å²) in [7, 11) is -2.46. The number of thiophene rings is 1. The van der Waals surface area contributed by atoms with Crippen molar-refractivity contribution in [3.8, 4) is 0 Å². The van der Waals surface area contributed by atoms with E-state index in [2.05, 4.69) is 0 Å². The van der Waals surface area contributed by atoms with Gasteiger partial charge in [0, 0.05) is 22.9 Å². The highest BCUT2D eigenvalue weighted by atomic mass is 32.2. The number of aryl methyl sites for hydroxylation is 2. The maximum absolute atomic E-state index is 13.2. The first-order chi connectivity index (χ1) is 9.23. The predicted octanol–water partition coefficient (Wildman–Crippen LogP) is 3.47. The molecule has 7 heteroatoms.